The van der Waals surface area contributed by atoms with E-state index in [2.05, 4.69) is 142 Å². The summed E-state index contributed by atoms with van der Waals surface area (Å²) in [4.78, 5) is 0. The second-order valence-electron chi connectivity index (χ2n) is 14.1. The number of hydrogen-bond donors (Lipinski definition) is 2. The zero-order chi connectivity index (χ0) is 31.5. The Kier molecular flexibility index (Phi) is 13.7. The van der Waals surface area contributed by atoms with Gasteiger partial charge in [0, 0.05) is 0 Å². The molecule has 0 amide bonds. The van der Waals surface area contributed by atoms with E-state index in [9.17, 15) is 10.2 Å². The lowest BCUT2D eigenvalue weighted by atomic mass is 9.66. The molecule has 2 heteroatoms. The zero-order valence-corrected chi connectivity index (χ0v) is 28.2. The number of hydrogen-bond acceptors (Lipinski definition) is 2. The maximum absolute atomic E-state index is 10.1. The smallest absolute Gasteiger partial charge is 0.0728 e. The van der Waals surface area contributed by atoms with Crippen molar-refractivity contribution in [2.24, 2.45) is 16.7 Å². The topological polar surface area (TPSA) is 40.5 Å². The van der Waals surface area contributed by atoms with E-state index in [-0.39, 0.29) is 23.0 Å². The van der Waals surface area contributed by atoms with Crippen molar-refractivity contribution in [3.63, 3.8) is 0 Å². The van der Waals surface area contributed by atoms with Crippen LogP contribution in [-0.2, 0) is 0 Å². The summed E-state index contributed by atoms with van der Waals surface area (Å²) < 4.78 is 0. The Hall–Kier alpha value is -2.68. The first-order valence-electron chi connectivity index (χ1n) is 15.7. The van der Waals surface area contributed by atoms with Gasteiger partial charge in [-0.2, -0.15) is 0 Å². The number of allylic oxidation sites excluding steroid dienone is 18. The monoisotopic (exact) mass is 570 g/mol. The molecule has 0 fully saturated rings. The summed E-state index contributed by atoms with van der Waals surface area (Å²) in [7, 11) is 0. The van der Waals surface area contributed by atoms with Crippen molar-refractivity contribution < 1.29 is 10.2 Å². The molecule has 2 aliphatic rings. The molecule has 2 nitrogen and oxygen atoms in total. The van der Waals surface area contributed by atoms with E-state index in [0.717, 1.165) is 32.1 Å². The van der Waals surface area contributed by atoms with Crippen molar-refractivity contribution in [2.75, 3.05) is 0 Å². The van der Waals surface area contributed by atoms with Crippen LogP contribution in [0.2, 0.25) is 0 Å². The SMILES string of the molecule is CC(C=CC=C(C)C=CC1=C(C)CC(O)CC1(C)C)=CC=CC=C(C)C=CC=C(C)CCC1C(C)=CC(O)CC1(C)C. The van der Waals surface area contributed by atoms with Gasteiger partial charge in [0.15, 0.2) is 0 Å². The van der Waals surface area contributed by atoms with Crippen LogP contribution in [-0.4, -0.2) is 22.4 Å². The van der Waals surface area contributed by atoms with Crippen LogP contribution in [0.25, 0.3) is 0 Å². The highest BCUT2D eigenvalue weighted by atomic mass is 16.3. The second-order valence-corrected chi connectivity index (χ2v) is 14.1. The van der Waals surface area contributed by atoms with Crippen LogP contribution in [0.15, 0.2) is 118 Å². The Morgan fingerprint density at radius 1 is 0.786 bits per heavy atom. The van der Waals surface area contributed by atoms with E-state index in [0.29, 0.717) is 5.92 Å². The van der Waals surface area contributed by atoms with Gasteiger partial charge in [-0.15, -0.1) is 0 Å². The van der Waals surface area contributed by atoms with Crippen molar-refractivity contribution in [1.29, 1.82) is 0 Å². The minimum Gasteiger partial charge on any atom is -0.393 e. The molecule has 2 rings (SSSR count). The van der Waals surface area contributed by atoms with Crippen molar-refractivity contribution in [3.05, 3.63) is 118 Å². The average Bonchev–Trinajstić information content (AvgIpc) is 2.84. The highest BCUT2D eigenvalue weighted by Crippen LogP contribution is 2.44. The van der Waals surface area contributed by atoms with E-state index in [1.807, 2.05) is 6.08 Å². The third-order valence-corrected chi connectivity index (χ3v) is 8.79. The average molecular weight is 571 g/mol. The maximum atomic E-state index is 10.1. The van der Waals surface area contributed by atoms with Crippen molar-refractivity contribution in [3.8, 4) is 0 Å². The molecule has 42 heavy (non-hydrogen) atoms. The third-order valence-electron chi connectivity index (χ3n) is 8.79. The highest BCUT2D eigenvalue weighted by molar-refractivity contribution is 5.38. The van der Waals surface area contributed by atoms with E-state index in [4.69, 9.17) is 0 Å². The predicted molar refractivity (Wildman–Crippen MR) is 184 cm³/mol. The van der Waals surface area contributed by atoms with Crippen LogP contribution in [0.5, 0.6) is 0 Å². The van der Waals surface area contributed by atoms with Crippen LogP contribution in [0.3, 0.4) is 0 Å². The van der Waals surface area contributed by atoms with Crippen LogP contribution < -0.4 is 0 Å². The highest BCUT2D eigenvalue weighted by Gasteiger charge is 2.35. The van der Waals surface area contributed by atoms with Crippen molar-refractivity contribution in [1.82, 2.24) is 0 Å². The molecular weight excluding hydrogens is 512 g/mol. The second kappa shape index (κ2) is 16.2. The van der Waals surface area contributed by atoms with E-state index in [1.165, 1.54) is 39.0 Å². The van der Waals surface area contributed by atoms with Crippen molar-refractivity contribution >= 4 is 0 Å². The molecule has 0 bridgehead atoms. The van der Waals surface area contributed by atoms with Crippen molar-refractivity contribution in [2.45, 2.75) is 114 Å². The predicted octanol–water partition coefficient (Wildman–Crippen LogP) is 10.6. The van der Waals surface area contributed by atoms with E-state index < -0.39 is 0 Å². The first-order chi connectivity index (χ1) is 19.6. The maximum Gasteiger partial charge on any atom is 0.0728 e. The van der Waals surface area contributed by atoms with Crippen LogP contribution in [0, 0.1) is 16.7 Å². The molecule has 0 aromatic heterocycles. The molecule has 0 aromatic rings. The van der Waals surface area contributed by atoms with E-state index in [1.54, 1.807) is 0 Å². The quantitative estimate of drug-likeness (QED) is 0.192. The molecule has 2 N–H and O–H groups in total. The minimum absolute atomic E-state index is 0.00791. The van der Waals surface area contributed by atoms with Crippen LogP contribution in [0.1, 0.15) is 101 Å². The molecule has 0 aliphatic heterocycles. The van der Waals surface area contributed by atoms with Gasteiger partial charge in [0.1, 0.15) is 0 Å². The van der Waals surface area contributed by atoms with Gasteiger partial charge in [-0.1, -0.05) is 140 Å². The Morgan fingerprint density at radius 2 is 1.33 bits per heavy atom. The molecule has 0 saturated carbocycles. The number of aliphatic hydroxyl groups is 2. The first kappa shape index (κ1) is 35.5. The molecule has 0 radical (unpaired) electrons. The number of aliphatic hydroxyl groups excluding tert-OH is 2. The molecule has 2 aliphatic carbocycles. The molecular formula is C40H58O2. The molecule has 0 spiro atoms. The third kappa shape index (κ3) is 11.9. The minimum atomic E-state index is -0.297. The van der Waals surface area contributed by atoms with Gasteiger partial charge in [-0.25, -0.2) is 0 Å². The molecule has 3 unspecified atom stereocenters. The lowest BCUT2D eigenvalue weighted by molar-refractivity contribution is 0.0983. The van der Waals surface area contributed by atoms with Crippen LogP contribution >= 0.6 is 0 Å². The fraction of sp³-hybridized carbons (Fsp3) is 0.500. The molecule has 0 aromatic carbocycles. The summed E-state index contributed by atoms with van der Waals surface area (Å²) in [6, 6.07) is 0. The lowest BCUT2D eigenvalue weighted by Gasteiger charge is -2.40. The molecule has 230 valence electrons. The molecule has 0 heterocycles. The molecule has 3 atom stereocenters. The fourth-order valence-electron chi connectivity index (χ4n) is 6.54. The Morgan fingerprint density at radius 3 is 1.90 bits per heavy atom. The summed E-state index contributed by atoms with van der Waals surface area (Å²) in [6.07, 6.45) is 31.9. The van der Waals surface area contributed by atoms with Gasteiger partial charge >= 0.3 is 0 Å². The summed E-state index contributed by atoms with van der Waals surface area (Å²) in [5.41, 5.74) is 9.13. The van der Waals surface area contributed by atoms with Gasteiger partial charge in [0.05, 0.1) is 12.2 Å². The largest absolute Gasteiger partial charge is 0.393 e. The summed E-state index contributed by atoms with van der Waals surface area (Å²) in [5.74, 6) is 0.529. The summed E-state index contributed by atoms with van der Waals surface area (Å²) in [5, 5.41) is 20.2. The number of rotatable bonds is 11. The van der Waals surface area contributed by atoms with Gasteiger partial charge < -0.3 is 10.2 Å². The van der Waals surface area contributed by atoms with Gasteiger partial charge in [0.25, 0.3) is 0 Å². The lowest BCUT2D eigenvalue weighted by Crippen LogP contribution is -2.33. The fourth-order valence-corrected chi connectivity index (χ4v) is 6.54. The van der Waals surface area contributed by atoms with E-state index >= 15 is 0 Å². The Labute approximate surface area is 258 Å². The summed E-state index contributed by atoms with van der Waals surface area (Å²) in [6.45, 7) is 21.9. The Bertz CT molecular complexity index is 1230. The van der Waals surface area contributed by atoms with Gasteiger partial charge in [-0.3, -0.25) is 0 Å². The van der Waals surface area contributed by atoms with Gasteiger partial charge in [-0.05, 0) is 96.0 Å². The zero-order valence-electron chi connectivity index (χ0n) is 28.2. The first-order valence-corrected chi connectivity index (χ1v) is 15.7. The normalized spacial score (nSPS) is 26.4. The van der Waals surface area contributed by atoms with Gasteiger partial charge in [0.2, 0.25) is 0 Å². The molecule has 0 saturated heterocycles. The summed E-state index contributed by atoms with van der Waals surface area (Å²) >= 11 is 0. The Balaban J connectivity index is 1.85. The standard InChI is InChI=1S/C40H58O2/c1-29(17-13-19-31(3)21-23-37-33(5)25-35(41)27-39(37,7)8)15-11-12-16-30(2)18-14-20-32(4)22-24-38-34(6)26-36(42)28-40(38,9)10/h11-21,23,26,35-36,38,41-42H,22,24-25,27-28H2,1-10H3. The van der Waals surface area contributed by atoms with Crippen LogP contribution in [0.4, 0.5) is 0 Å².